The van der Waals surface area contributed by atoms with Crippen LogP contribution < -0.4 is 9.80 Å². The van der Waals surface area contributed by atoms with Crippen LogP contribution >= 0.6 is 0 Å². The summed E-state index contributed by atoms with van der Waals surface area (Å²) in [6.07, 6.45) is -0.523. The zero-order chi connectivity index (χ0) is 30.8. The van der Waals surface area contributed by atoms with E-state index in [1.165, 1.54) is 0 Å². The zero-order valence-corrected chi connectivity index (χ0v) is 26.0. The van der Waals surface area contributed by atoms with Gasteiger partial charge < -0.3 is 33.5 Å². The highest BCUT2D eigenvalue weighted by Gasteiger charge is 2.27. The molecular weight excluding hydrogens is 548 g/mol. The first-order valence-corrected chi connectivity index (χ1v) is 14.8. The molecule has 0 radical (unpaired) electrons. The van der Waals surface area contributed by atoms with Gasteiger partial charge in [-0.2, -0.15) is 0 Å². The highest BCUT2D eigenvalue weighted by atomic mass is 16.6. The lowest BCUT2D eigenvalue weighted by Crippen LogP contribution is -2.50. The minimum absolute atomic E-state index is 0.262. The molecule has 3 aromatic rings. The van der Waals surface area contributed by atoms with E-state index in [0.717, 1.165) is 48.7 Å². The maximum Gasteiger partial charge on any atom is 0.410 e. The first kappa shape index (κ1) is 30.2. The van der Waals surface area contributed by atoms with E-state index in [4.69, 9.17) is 13.9 Å². The summed E-state index contributed by atoms with van der Waals surface area (Å²) < 4.78 is 17.0. The molecule has 2 amide bonds. The molecule has 11 nitrogen and oxygen atoms in total. The van der Waals surface area contributed by atoms with E-state index in [1.807, 2.05) is 90.1 Å². The normalized spacial score (nSPS) is 16.3. The Kier molecular flexibility index (Phi) is 8.52. The fourth-order valence-electron chi connectivity index (χ4n) is 5.03. The SMILES string of the molecule is CC(C)(C)OC(=O)N1CCN(c2ccc(-c3nnc(-c4ccc(N5CCN(C(=O)OC(C)(C)C)CC5)cc4)o3)cc2)CC1. The summed E-state index contributed by atoms with van der Waals surface area (Å²) in [6.45, 7) is 16.7. The van der Waals surface area contributed by atoms with Crippen molar-refractivity contribution in [2.75, 3.05) is 62.2 Å². The van der Waals surface area contributed by atoms with E-state index in [0.29, 0.717) is 38.0 Å². The topological polar surface area (TPSA) is 104 Å². The monoisotopic (exact) mass is 590 g/mol. The zero-order valence-electron chi connectivity index (χ0n) is 26.0. The van der Waals surface area contributed by atoms with E-state index in [2.05, 4.69) is 20.0 Å². The number of hydrogen-bond acceptors (Lipinski definition) is 9. The summed E-state index contributed by atoms with van der Waals surface area (Å²) in [5.41, 5.74) is 2.85. The van der Waals surface area contributed by atoms with E-state index in [-0.39, 0.29) is 12.2 Å². The summed E-state index contributed by atoms with van der Waals surface area (Å²) in [6, 6.07) is 16.1. The molecule has 1 aromatic heterocycles. The molecule has 0 bridgehead atoms. The lowest BCUT2D eigenvalue weighted by atomic mass is 10.1. The first-order valence-electron chi connectivity index (χ1n) is 14.8. The average Bonchev–Trinajstić information content (AvgIpc) is 3.46. The van der Waals surface area contributed by atoms with E-state index in [1.54, 1.807) is 9.80 Å². The van der Waals surface area contributed by atoms with Crippen LogP contribution in [0, 0.1) is 0 Å². The molecular formula is C32H42N6O5. The molecule has 11 heteroatoms. The minimum Gasteiger partial charge on any atom is -0.444 e. The number of carbonyl (C=O) groups is 2. The van der Waals surface area contributed by atoms with Crippen molar-refractivity contribution in [1.29, 1.82) is 0 Å². The number of benzene rings is 2. The Morgan fingerprint density at radius 3 is 1.21 bits per heavy atom. The van der Waals surface area contributed by atoms with Gasteiger partial charge in [-0.05, 0) is 90.1 Å². The van der Waals surface area contributed by atoms with Gasteiger partial charge in [-0.1, -0.05) is 0 Å². The number of hydrogen-bond donors (Lipinski definition) is 0. The second kappa shape index (κ2) is 12.1. The van der Waals surface area contributed by atoms with Gasteiger partial charge in [0.05, 0.1) is 0 Å². The molecule has 2 aromatic carbocycles. The van der Waals surface area contributed by atoms with Crippen molar-refractivity contribution >= 4 is 23.6 Å². The largest absolute Gasteiger partial charge is 0.444 e. The molecule has 3 heterocycles. The molecule has 0 atom stereocenters. The van der Waals surface area contributed by atoms with Crippen LogP contribution in [0.15, 0.2) is 52.9 Å². The van der Waals surface area contributed by atoms with Crippen molar-refractivity contribution in [3.63, 3.8) is 0 Å². The Hall–Kier alpha value is -4.28. The first-order chi connectivity index (χ1) is 20.3. The van der Waals surface area contributed by atoms with Gasteiger partial charge in [0.2, 0.25) is 11.8 Å². The lowest BCUT2D eigenvalue weighted by molar-refractivity contribution is 0.0230. The third kappa shape index (κ3) is 7.77. The number of ether oxygens (including phenoxy) is 2. The van der Waals surface area contributed by atoms with Crippen molar-refractivity contribution in [3.05, 3.63) is 48.5 Å². The number of anilines is 2. The molecule has 2 saturated heterocycles. The molecule has 0 N–H and O–H groups in total. The van der Waals surface area contributed by atoms with Crippen molar-refractivity contribution in [2.45, 2.75) is 52.7 Å². The minimum atomic E-state index is -0.496. The molecule has 0 saturated carbocycles. The third-order valence-electron chi connectivity index (χ3n) is 7.25. The van der Waals surface area contributed by atoms with Gasteiger partial charge in [-0.15, -0.1) is 10.2 Å². The van der Waals surface area contributed by atoms with E-state index in [9.17, 15) is 9.59 Å². The maximum absolute atomic E-state index is 12.4. The van der Waals surface area contributed by atoms with Crippen molar-refractivity contribution in [1.82, 2.24) is 20.0 Å². The molecule has 0 aliphatic carbocycles. The van der Waals surface area contributed by atoms with Crippen molar-refractivity contribution in [3.8, 4) is 22.9 Å². The quantitative estimate of drug-likeness (QED) is 0.389. The van der Waals surface area contributed by atoms with E-state index >= 15 is 0 Å². The van der Waals surface area contributed by atoms with Gasteiger partial charge in [0.15, 0.2) is 0 Å². The molecule has 43 heavy (non-hydrogen) atoms. The second-order valence-electron chi connectivity index (χ2n) is 12.9. The van der Waals surface area contributed by atoms with Crippen LogP contribution in [-0.4, -0.2) is 95.7 Å². The van der Waals surface area contributed by atoms with Gasteiger partial charge in [0.25, 0.3) is 0 Å². The average molecular weight is 591 g/mol. The summed E-state index contributed by atoms with van der Waals surface area (Å²) in [7, 11) is 0. The predicted molar refractivity (Wildman–Crippen MR) is 165 cm³/mol. The fourth-order valence-corrected chi connectivity index (χ4v) is 5.03. The molecule has 0 unspecified atom stereocenters. The van der Waals surface area contributed by atoms with Crippen LogP contribution in [0.2, 0.25) is 0 Å². The molecule has 2 aliphatic rings. The van der Waals surface area contributed by atoms with Gasteiger partial charge in [-0.25, -0.2) is 9.59 Å². The summed E-state index contributed by atoms with van der Waals surface area (Å²) >= 11 is 0. The van der Waals surface area contributed by atoms with Crippen LogP contribution in [0.3, 0.4) is 0 Å². The second-order valence-corrected chi connectivity index (χ2v) is 12.9. The van der Waals surface area contributed by atoms with Crippen molar-refractivity contribution < 1.29 is 23.5 Å². The Morgan fingerprint density at radius 2 is 0.907 bits per heavy atom. The van der Waals surface area contributed by atoms with Crippen LogP contribution in [0.25, 0.3) is 22.9 Å². The van der Waals surface area contributed by atoms with Gasteiger partial charge in [-0.3, -0.25) is 0 Å². The Balaban J connectivity index is 1.14. The molecule has 2 aliphatic heterocycles. The number of amides is 2. The smallest absolute Gasteiger partial charge is 0.410 e. The number of aromatic nitrogens is 2. The van der Waals surface area contributed by atoms with Crippen molar-refractivity contribution in [2.24, 2.45) is 0 Å². The van der Waals surface area contributed by atoms with Gasteiger partial charge in [0.1, 0.15) is 11.2 Å². The van der Waals surface area contributed by atoms with Gasteiger partial charge in [0, 0.05) is 74.9 Å². The molecule has 5 rings (SSSR count). The maximum atomic E-state index is 12.4. The number of nitrogens with zero attached hydrogens (tertiary/aromatic N) is 6. The number of carbonyl (C=O) groups excluding carboxylic acids is 2. The molecule has 2 fully saturated rings. The summed E-state index contributed by atoms with van der Waals surface area (Å²) in [5.74, 6) is 0.914. The highest BCUT2D eigenvalue weighted by molar-refractivity contribution is 5.70. The molecule has 0 spiro atoms. The highest BCUT2D eigenvalue weighted by Crippen LogP contribution is 2.28. The third-order valence-corrected chi connectivity index (χ3v) is 7.25. The Bertz CT molecular complexity index is 1290. The predicted octanol–water partition coefficient (Wildman–Crippen LogP) is 5.52. The lowest BCUT2D eigenvalue weighted by Gasteiger charge is -2.36. The number of piperazine rings is 2. The molecule has 230 valence electrons. The standard InChI is InChI=1S/C32H42N6O5/c1-31(2,3)42-29(39)37-19-15-35(16-20-37)25-11-7-23(8-12-25)27-33-34-28(41-27)24-9-13-26(14-10-24)36-17-21-38(22-18-36)30(40)43-32(4,5)6/h7-14H,15-22H2,1-6H3. The summed E-state index contributed by atoms with van der Waals surface area (Å²) in [5, 5.41) is 8.56. The number of rotatable bonds is 4. The van der Waals surface area contributed by atoms with Gasteiger partial charge >= 0.3 is 12.2 Å². The van der Waals surface area contributed by atoms with E-state index < -0.39 is 11.2 Å². The fraction of sp³-hybridized carbons (Fsp3) is 0.500. The van der Waals surface area contributed by atoms with Crippen LogP contribution in [0.1, 0.15) is 41.5 Å². The summed E-state index contributed by atoms with van der Waals surface area (Å²) in [4.78, 5) is 32.7. The van der Waals surface area contributed by atoms with Crippen LogP contribution in [0.4, 0.5) is 21.0 Å². The Morgan fingerprint density at radius 1 is 0.581 bits per heavy atom. The van der Waals surface area contributed by atoms with Crippen LogP contribution in [0.5, 0.6) is 0 Å². The Labute approximate surface area is 253 Å². The van der Waals surface area contributed by atoms with Crippen LogP contribution in [-0.2, 0) is 9.47 Å².